The highest BCUT2D eigenvalue weighted by Gasteiger charge is 2.23. The number of hydrogen-bond donors (Lipinski definition) is 0. The van der Waals surface area contributed by atoms with E-state index in [4.69, 9.17) is 13.8 Å². The van der Waals surface area contributed by atoms with Gasteiger partial charge in [0.1, 0.15) is 0 Å². The topological polar surface area (TPSA) is 9.23 Å². The summed E-state index contributed by atoms with van der Waals surface area (Å²) in [5.41, 5.74) is -0.0522. The lowest BCUT2D eigenvalue weighted by Crippen LogP contribution is -2.26. The summed E-state index contributed by atoms with van der Waals surface area (Å²) in [6.45, 7) is 8.44. The van der Waals surface area contributed by atoms with Gasteiger partial charge in [0.2, 0.25) is 0 Å². The zero-order valence-electron chi connectivity index (χ0n) is 9.40. The third-order valence-electron chi connectivity index (χ3n) is 1.77. The van der Waals surface area contributed by atoms with E-state index >= 15 is 0 Å². The molecule has 0 aromatic rings. The highest BCUT2D eigenvalue weighted by molar-refractivity contribution is 7.03. The molecule has 0 bridgehead atoms. The van der Waals surface area contributed by atoms with Crippen LogP contribution in [0.3, 0.4) is 0 Å². The fraction of sp³-hybridized carbons (Fsp3) is 1.00. The van der Waals surface area contributed by atoms with Gasteiger partial charge in [0, 0.05) is 5.60 Å². The summed E-state index contributed by atoms with van der Waals surface area (Å²) in [5.74, 6) is 0. The summed E-state index contributed by atoms with van der Waals surface area (Å²) in [7, 11) is 6.16. The number of hydrogen-bond acceptors (Lipinski definition) is 1. The number of rotatable bonds is 6. The van der Waals surface area contributed by atoms with Gasteiger partial charge >= 0.3 is 13.6 Å². The largest absolute Gasteiger partial charge is 0.592 e. The Morgan fingerprint density at radius 3 is 2.23 bits per heavy atom. The molecule has 0 atom stereocenters. The molecule has 0 saturated heterocycles. The van der Waals surface area contributed by atoms with Gasteiger partial charge in [-0.2, -0.15) is 0 Å². The second-order valence-corrected chi connectivity index (χ2v) is 7.58. The van der Waals surface area contributed by atoms with Crippen LogP contribution in [0.15, 0.2) is 0 Å². The number of unbranched alkanes of at least 4 members (excludes halogenated alkanes) is 3. The van der Waals surface area contributed by atoms with Crippen molar-refractivity contribution in [1.82, 2.24) is 0 Å². The minimum absolute atomic E-state index is 0.0522. The Morgan fingerprint density at radius 2 is 1.77 bits per heavy atom. The van der Waals surface area contributed by atoms with Gasteiger partial charge in [-0.25, -0.2) is 10.0 Å². The van der Waals surface area contributed by atoms with Gasteiger partial charge in [-0.15, -0.1) is 0 Å². The maximum Gasteiger partial charge on any atom is 0.592 e. The monoisotopic (exact) mass is 220 g/mol. The maximum absolute atomic E-state index is 6.16. The van der Waals surface area contributed by atoms with E-state index in [0.29, 0.717) is 0 Å². The Morgan fingerprint density at radius 1 is 1.15 bits per heavy atom. The van der Waals surface area contributed by atoms with E-state index in [1.165, 1.54) is 25.7 Å². The summed E-state index contributed by atoms with van der Waals surface area (Å²) in [4.78, 5) is 0. The zero-order chi connectivity index (χ0) is 10.3. The van der Waals surface area contributed by atoms with Crippen LogP contribution in [0.5, 0.6) is 0 Å². The first-order valence-corrected chi connectivity index (χ1v) is 8.31. The molecule has 0 aliphatic heterocycles. The van der Waals surface area contributed by atoms with Crippen LogP contribution < -0.4 is 0 Å². The van der Waals surface area contributed by atoms with Gasteiger partial charge in [0.05, 0.1) is 0 Å². The van der Waals surface area contributed by atoms with Crippen molar-refractivity contribution in [3.8, 4) is 0 Å². The molecule has 0 unspecified atom stereocenters. The van der Waals surface area contributed by atoms with Crippen LogP contribution in [0.25, 0.3) is 0 Å². The van der Waals surface area contributed by atoms with E-state index in [9.17, 15) is 0 Å². The Balaban J connectivity index is 3.35. The van der Waals surface area contributed by atoms with Crippen LogP contribution in [0, 0.1) is 0 Å². The van der Waals surface area contributed by atoms with Crippen LogP contribution >= 0.6 is 10.0 Å². The van der Waals surface area contributed by atoms with E-state index in [2.05, 4.69) is 27.7 Å². The minimum atomic E-state index is -1.40. The standard InChI is InChI=1S/C6H13.C4H9O.Al.ClH/c1-3-5-6-4-2;1-4(2,3)5;;/h1,3-6H2,2H3;1-3H3;;1H/q;-1;+2;/p-1. The first-order chi connectivity index (χ1) is 5.95. The summed E-state index contributed by atoms with van der Waals surface area (Å²) >= 11 is -1.40. The van der Waals surface area contributed by atoms with Gasteiger partial charge in [0.25, 0.3) is 0 Å². The first-order valence-electron chi connectivity index (χ1n) is 5.27. The van der Waals surface area contributed by atoms with Crippen molar-refractivity contribution in [3.05, 3.63) is 0 Å². The molecule has 0 rings (SSSR count). The average molecular weight is 221 g/mol. The van der Waals surface area contributed by atoms with Gasteiger partial charge in [-0.05, 0) is 20.8 Å². The van der Waals surface area contributed by atoms with Crippen molar-refractivity contribution in [2.75, 3.05) is 0 Å². The molecule has 0 fully saturated rings. The Labute approximate surface area is 91.7 Å². The Bertz CT molecular complexity index is 123. The molecule has 1 nitrogen and oxygen atoms in total. The normalized spacial score (nSPS) is 11.8. The van der Waals surface area contributed by atoms with Gasteiger partial charge in [-0.1, -0.05) is 37.9 Å². The molecule has 0 aliphatic carbocycles. The molecule has 3 heteroatoms. The molecule has 0 spiro atoms. The Hall–Kier alpha value is 0.782. The average Bonchev–Trinajstić information content (AvgIpc) is 1.94. The maximum atomic E-state index is 6.16. The summed E-state index contributed by atoms with van der Waals surface area (Å²) < 4.78 is 5.72. The molecular formula is C10H22AlClO. The molecular weight excluding hydrogens is 199 g/mol. The Kier molecular flexibility index (Phi) is 7.55. The van der Waals surface area contributed by atoms with Crippen molar-refractivity contribution in [1.29, 1.82) is 0 Å². The predicted molar refractivity (Wildman–Crippen MR) is 61.4 cm³/mol. The zero-order valence-corrected chi connectivity index (χ0v) is 11.3. The predicted octanol–water partition coefficient (Wildman–Crippen LogP) is 4.11. The molecule has 0 heterocycles. The molecule has 0 N–H and O–H groups in total. The molecule has 0 aliphatic rings. The fourth-order valence-corrected chi connectivity index (χ4v) is 3.93. The van der Waals surface area contributed by atoms with Crippen molar-refractivity contribution < 1.29 is 3.79 Å². The third-order valence-corrected chi connectivity index (χ3v) is 4.51. The van der Waals surface area contributed by atoms with Crippen molar-refractivity contribution in [2.24, 2.45) is 0 Å². The SMILES string of the molecule is CCCCC[CH2][Al]([Cl])[O]C(C)(C)C. The highest BCUT2D eigenvalue weighted by Crippen LogP contribution is 2.16. The van der Waals surface area contributed by atoms with Crippen LogP contribution in [-0.4, -0.2) is 19.2 Å². The highest BCUT2D eigenvalue weighted by atomic mass is 35.6. The van der Waals surface area contributed by atoms with Crippen molar-refractivity contribution in [3.63, 3.8) is 0 Å². The van der Waals surface area contributed by atoms with E-state index in [-0.39, 0.29) is 5.60 Å². The van der Waals surface area contributed by atoms with E-state index in [0.717, 1.165) is 5.28 Å². The summed E-state index contributed by atoms with van der Waals surface area (Å²) in [5, 5.41) is 1.11. The van der Waals surface area contributed by atoms with Crippen LogP contribution in [0.1, 0.15) is 53.4 Å². The van der Waals surface area contributed by atoms with Gasteiger partial charge in [-0.3, -0.25) is 0 Å². The van der Waals surface area contributed by atoms with Gasteiger partial charge < -0.3 is 3.79 Å². The molecule has 0 amide bonds. The molecule has 0 aromatic heterocycles. The minimum Gasteiger partial charge on any atom is -0.485 e. The second-order valence-electron chi connectivity index (χ2n) is 4.49. The van der Waals surface area contributed by atoms with Crippen LogP contribution in [0.2, 0.25) is 5.28 Å². The quantitative estimate of drug-likeness (QED) is 0.484. The fourth-order valence-electron chi connectivity index (χ4n) is 1.17. The van der Waals surface area contributed by atoms with Gasteiger partial charge in [0.15, 0.2) is 0 Å². The number of halogens is 1. The van der Waals surface area contributed by atoms with Crippen LogP contribution in [-0.2, 0) is 3.79 Å². The first kappa shape index (κ1) is 13.8. The lowest BCUT2D eigenvalue weighted by molar-refractivity contribution is 0.134. The van der Waals surface area contributed by atoms with Crippen molar-refractivity contribution in [2.45, 2.75) is 64.3 Å². The van der Waals surface area contributed by atoms with Crippen LogP contribution in [0.4, 0.5) is 0 Å². The smallest absolute Gasteiger partial charge is 0.485 e. The molecule has 13 heavy (non-hydrogen) atoms. The molecule has 0 aromatic carbocycles. The third kappa shape index (κ3) is 10.7. The van der Waals surface area contributed by atoms with E-state index in [1.54, 1.807) is 0 Å². The second kappa shape index (κ2) is 7.12. The lowest BCUT2D eigenvalue weighted by Gasteiger charge is -2.22. The molecule has 78 valence electrons. The van der Waals surface area contributed by atoms with Crippen molar-refractivity contribution >= 4 is 23.6 Å². The summed E-state index contributed by atoms with van der Waals surface area (Å²) in [6.07, 6.45) is 5.16. The lowest BCUT2D eigenvalue weighted by atomic mass is 10.2. The van der Waals surface area contributed by atoms with E-state index < -0.39 is 13.6 Å². The molecule has 0 radical (unpaired) electrons. The summed E-state index contributed by atoms with van der Waals surface area (Å²) in [6, 6.07) is 0. The van der Waals surface area contributed by atoms with E-state index in [1.807, 2.05) is 0 Å². The molecule has 0 saturated carbocycles.